The molecule has 18 heavy (non-hydrogen) atoms. The third-order valence-corrected chi connectivity index (χ3v) is 5.08. The Morgan fingerprint density at radius 2 is 2.22 bits per heavy atom. The summed E-state index contributed by atoms with van der Waals surface area (Å²) in [7, 11) is -3.57. The van der Waals surface area contributed by atoms with Crippen LogP contribution in [-0.2, 0) is 10.0 Å². The summed E-state index contributed by atoms with van der Waals surface area (Å²) in [6.45, 7) is 3.93. The zero-order valence-corrected chi connectivity index (χ0v) is 11.6. The van der Waals surface area contributed by atoms with E-state index in [2.05, 4.69) is 9.82 Å². The van der Waals surface area contributed by atoms with Crippen molar-refractivity contribution in [1.82, 2.24) is 9.78 Å². The highest BCUT2D eigenvalue weighted by Gasteiger charge is 2.17. The summed E-state index contributed by atoms with van der Waals surface area (Å²) in [5.74, 6) is 0. The molecule has 0 aliphatic heterocycles. The van der Waals surface area contributed by atoms with Crippen LogP contribution in [0.4, 0.5) is 11.4 Å². The molecule has 2 aromatic rings. The summed E-state index contributed by atoms with van der Waals surface area (Å²) in [5, 5.41) is 5.66. The fourth-order valence-corrected chi connectivity index (χ4v) is 3.46. The quantitative estimate of drug-likeness (QED) is 0.898. The van der Waals surface area contributed by atoms with Crippen LogP contribution in [-0.4, -0.2) is 18.2 Å². The molecule has 0 spiro atoms. The van der Waals surface area contributed by atoms with Crippen molar-refractivity contribution in [3.63, 3.8) is 0 Å². The molecule has 0 aliphatic rings. The first kappa shape index (κ1) is 12.9. The number of nitrogens with two attached hydrogens (primary N) is 1. The second-order valence-electron chi connectivity index (χ2n) is 4.11. The normalized spacial score (nSPS) is 11.9. The Labute approximate surface area is 109 Å². The Bertz CT molecular complexity index is 642. The number of rotatable bonds is 4. The summed E-state index contributed by atoms with van der Waals surface area (Å²) >= 11 is 1.09. The van der Waals surface area contributed by atoms with Crippen LogP contribution in [0.15, 0.2) is 28.0 Å². The van der Waals surface area contributed by atoms with Crippen LogP contribution in [0.3, 0.4) is 0 Å². The number of nitrogens with zero attached hydrogens (tertiary/aromatic N) is 2. The molecule has 6 nitrogen and oxygen atoms in total. The van der Waals surface area contributed by atoms with Crippen molar-refractivity contribution in [3.8, 4) is 0 Å². The molecule has 0 bridgehead atoms. The highest BCUT2D eigenvalue weighted by atomic mass is 32.2. The molecular weight excluding hydrogens is 272 g/mol. The monoisotopic (exact) mass is 286 g/mol. The molecule has 0 fully saturated rings. The largest absolute Gasteiger partial charge is 0.398 e. The van der Waals surface area contributed by atoms with E-state index in [0.29, 0.717) is 11.4 Å². The van der Waals surface area contributed by atoms with Gasteiger partial charge in [0.2, 0.25) is 0 Å². The average molecular weight is 286 g/mol. The average Bonchev–Trinajstić information content (AvgIpc) is 2.86. The molecule has 2 heterocycles. The third-order valence-electron chi connectivity index (χ3n) is 2.24. The van der Waals surface area contributed by atoms with Crippen molar-refractivity contribution in [1.29, 1.82) is 0 Å². The molecule has 2 aromatic heterocycles. The second kappa shape index (κ2) is 4.62. The van der Waals surface area contributed by atoms with Crippen molar-refractivity contribution in [2.75, 3.05) is 10.5 Å². The van der Waals surface area contributed by atoms with Gasteiger partial charge in [-0.05, 0) is 19.9 Å². The van der Waals surface area contributed by atoms with Crippen molar-refractivity contribution >= 4 is 32.7 Å². The first-order valence-corrected chi connectivity index (χ1v) is 7.66. The van der Waals surface area contributed by atoms with Gasteiger partial charge in [-0.3, -0.25) is 9.40 Å². The second-order valence-corrected chi connectivity index (χ2v) is 6.93. The van der Waals surface area contributed by atoms with Gasteiger partial charge in [-0.2, -0.15) is 5.10 Å². The topological polar surface area (TPSA) is 90.0 Å². The van der Waals surface area contributed by atoms with Crippen molar-refractivity contribution < 1.29 is 8.42 Å². The van der Waals surface area contributed by atoms with Gasteiger partial charge in [0.05, 0.1) is 11.9 Å². The van der Waals surface area contributed by atoms with Crippen LogP contribution in [0.25, 0.3) is 0 Å². The van der Waals surface area contributed by atoms with Gasteiger partial charge in [0.1, 0.15) is 4.21 Å². The van der Waals surface area contributed by atoms with E-state index >= 15 is 0 Å². The molecule has 2 rings (SSSR count). The Morgan fingerprint density at radius 1 is 1.50 bits per heavy atom. The van der Waals surface area contributed by atoms with Crippen LogP contribution in [0, 0.1) is 0 Å². The fourth-order valence-electron chi connectivity index (χ4n) is 1.35. The molecular formula is C10H14N4O2S2. The molecule has 3 N–H and O–H groups in total. The summed E-state index contributed by atoms with van der Waals surface area (Å²) in [4.78, 5) is 0. The maximum Gasteiger partial charge on any atom is 0.271 e. The van der Waals surface area contributed by atoms with Crippen LogP contribution >= 0.6 is 11.3 Å². The molecule has 98 valence electrons. The van der Waals surface area contributed by atoms with Gasteiger partial charge >= 0.3 is 0 Å². The van der Waals surface area contributed by atoms with Crippen LogP contribution < -0.4 is 10.5 Å². The van der Waals surface area contributed by atoms with Crippen LogP contribution in [0.5, 0.6) is 0 Å². The molecule has 0 amide bonds. The van der Waals surface area contributed by atoms with Gasteiger partial charge in [0.15, 0.2) is 0 Å². The summed E-state index contributed by atoms with van der Waals surface area (Å²) < 4.78 is 28.3. The number of hydrogen-bond donors (Lipinski definition) is 2. The van der Waals surface area contributed by atoms with Gasteiger partial charge in [0, 0.05) is 23.3 Å². The maximum atomic E-state index is 12.0. The lowest BCUT2D eigenvalue weighted by Crippen LogP contribution is -2.11. The SMILES string of the molecule is CC(C)n1cc(NS(=O)(=O)c2cc(N)cs2)cn1. The van der Waals surface area contributed by atoms with Gasteiger partial charge in [-0.15, -0.1) is 11.3 Å². The van der Waals surface area contributed by atoms with Crippen molar-refractivity contribution in [2.24, 2.45) is 0 Å². The van der Waals surface area contributed by atoms with E-state index in [1.165, 1.54) is 12.3 Å². The first-order chi connectivity index (χ1) is 8.38. The smallest absolute Gasteiger partial charge is 0.271 e. The van der Waals surface area contributed by atoms with Gasteiger partial charge in [0.25, 0.3) is 10.0 Å². The highest BCUT2D eigenvalue weighted by molar-refractivity contribution is 7.94. The molecule has 0 atom stereocenters. The number of aromatic nitrogens is 2. The molecule has 0 aliphatic carbocycles. The zero-order valence-electron chi connectivity index (χ0n) is 9.99. The Hall–Kier alpha value is -1.54. The van der Waals surface area contributed by atoms with E-state index < -0.39 is 10.0 Å². The number of nitrogen functional groups attached to an aromatic ring is 1. The maximum absolute atomic E-state index is 12.0. The lowest BCUT2D eigenvalue weighted by atomic mass is 10.4. The molecule has 8 heteroatoms. The number of nitrogens with one attached hydrogen (secondary N) is 1. The Morgan fingerprint density at radius 3 is 2.72 bits per heavy atom. The minimum Gasteiger partial charge on any atom is -0.398 e. The summed E-state index contributed by atoms with van der Waals surface area (Å²) in [6.07, 6.45) is 3.13. The third kappa shape index (κ3) is 2.65. The Balaban J connectivity index is 2.22. The van der Waals surface area contributed by atoms with E-state index in [0.717, 1.165) is 11.3 Å². The van der Waals surface area contributed by atoms with E-state index in [1.807, 2.05) is 13.8 Å². The van der Waals surface area contributed by atoms with Crippen LogP contribution in [0.1, 0.15) is 19.9 Å². The number of hydrogen-bond acceptors (Lipinski definition) is 5. The zero-order chi connectivity index (χ0) is 13.3. The number of sulfonamides is 1. The number of anilines is 2. The fraction of sp³-hybridized carbons (Fsp3) is 0.300. The Kier molecular flexibility index (Phi) is 3.31. The van der Waals surface area contributed by atoms with E-state index in [1.54, 1.807) is 16.3 Å². The predicted molar refractivity (Wildman–Crippen MR) is 72.2 cm³/mol. The van der Waals surface area contributed by atoms with E-state index in [-0.39, 0.29) is 10.3 Å². The lowest BCUT2D eigenvalue weighted by Gasteiger charge is -2.04. The molecule has 0 saturated carbocycles. The highest BCUT2D eigenvalue weighted by Crippen LogP contribution is 2.24. The lowest BCUT2D eigenvalue weighted by molar-refractivity contribution is 0.532. The molecule has 0 aromatic carbocycles. The van der Waals surface area contributed by atoms with Crippen molar-refractivity contribution in [2.45, 2.75) is 24.1 Å². The minimum absolute atomic E-state index is 0.181. The van der Waals surface area contributed by atoms with E-state index in [9.17, 15) is 8.42 Å². The van der Waals surface area contributed by atoms with Gasteiger partial charge in [-0.1, -0.05) is 0 Å². The van der Waals surface area contributed by atoms with Crippen LogP contribution in [0.2, 0.25) is 0 Å². The molecule has 0 radical (unpaired) electrons. The van der Waals surface area contributed by atoms with E-state index in [4.69, 9.17) is 5.73 Å². The first-order valence-electron chi connectivity index (χ1n) is 5.29. The summed E-state index contributed by atoms with van der Waals surface area (Å²) in [5.41, 5.74) is 6.40. The number of thiophene rings is 1. The minimum atomic E-state index is -3.57. The van der Waals surface area contributed by atoms with Gasteiger partial charge < -0.3 is 5.73 Å². The summed E-state index contributed by atoms with van der Waals surface area (Å²) in [6, 6.07) is 1.61. The van der Waals surface area contributed by atoms with Crippen molar-refractivity contribution in [3.05, 3.63) is 23.8 Å². The standard InChI is InChI=1S/C10H14N4O2S2/c1-7(2)14-5-9(4-12-14)13-18(15,16)10-3-8(11)6-17-10/h3-7,13H,11H2,1-2H3. The predicted octanol–water partition coefficient (Wildman–Crippen LogP) is 1.91. The van der Waals surface area contributed by atoms with Gasteiger partial charge in [-0.25, -0.2) is 8.42 Å². The molecule has 0 unspecified atom stereocenters. The molecule has 0 saturated heterocycles.